The summed E-state index contributed by atoms with van der Waals surface area (Å²) in [6.07, 6.45) is -2.86. The van der Waals surface area contributed by atoms with Gasteiger partial charge in [-0.3, -0.25) is 4.79 Å². The number of hydrogen-bond acceptors (Lipinski definition) is 7. The Morgan fingerprint density at radius 3 is 2.67 bits per heavy atom. The number of nitrogens with zero attached hydrogens (tertiary/aromatic N) is 6. The number of nitrogens with two attached hydrogens (primary N) is 1. The number of carbonyl (C=O) groups is 1. The second-order valence-electron chi connectivity index (χ2n) is 7.37. The Balaban J connectivity index is 1.37. The molecule has 0 unspecified atom stereocenters. The van der Waals surface area contributed by atoms with Gasteiger partial charge in [0.05, 0.1) is 12.6 Å². The molecule has 9 nitrogen and oxygen atoms in total. The van der Waals surface area contributed by atoms with Crippen molar-refractivity contribution < 1.29 is 22.7 Å². The molecule has 3 aromatic rings. The molecule has 170 valence electrons. The van der Waals surface area contributed by atoms with E-state index in [-0.39, 0.29) is 43.7 Å². The van der Waals surface area contributed by atoms with Crippen molar-refractivity contribution in [2.24, 2.45) is 5.73 Å². The van der Waals surface area contributed by atoms with Gasteiger partial charge in [-0.25, -0.2) is 4.98 Å². The van der Waals surface area contributed by atoms with E-state index in [0.717, 1.165) is 10.1 Å². The fourth-order valence-electron chi connectivity index (χ4n) is 3.49. The van der Waals surface area contributed by atoms with E-state index in [2.05, 4.69) is 15.2 Å². The van der Waals surface area contributed by atoms with E-state index in [1.54, 1.807) is 36.4 Å². The smallest absolute Gasteiger partial charge is 0.438 e. The molecule has 0 saturated carbocycles. The SMILES string of the molecule is N#Cc1cccnc1Oc1ccc(C[C@H](N)C(=O)N2CCn3c(nnc3C(F)(F)F)C2)cc1. The van der Waals surface area contributed by atoms with Crippen LogP contribution in [0.2, 0.25) is 0 Å². The second-order valence-corrected chi connectivity index (χ2v) is 7.37. The molecule has 0 fully saturated rings. The first kappa shape index (κ1) is 22.2. The van der Waals surface area contributed by atoms with Gasteiger partial charge < -0.3 is 19.9 Å². The van der Waals surface area contributed by atoms with Crippen LogP contribution < -0.4 is 10.5 Å². The molecule has 0 saturated heterocycles. The van der Waals surface area contributed by atoms with Crippen molar-refractivity contribution in [2.75, 3.05) is 6.54 Å². The highest BCUT2D eigenvalue weighted by Crippen LogP contribution is 2.29. The van der Waals surface area contributed by atoms with E-state index < -0.39 is 18.0 Å². The molecule has 0 spiro atoms. The Morgan fingerprint density at radius 2 is 1.97 bits per heavy atom. The maximum absolute atomic E-state index is 13.0. The van der Waals surface area contributed by atoms with Crippen LogP contribution in [0.3, 0.4) is 0 Å². The predicted octanol–water partition coefficient (Wildman–Crippen LogP) is 2.27. The first-order valence-corrected chi connectivity index (χ1v) is 9.92. The van der Waals surface area contributed by atoms with Gasteiger partial charge in [0.15, 0.2) is 5.82 Å². The van der Waals surface area contributed by atoms with Gasteiger partial charge in [-0.05, 0) is 36.2 Å². The van der Waals surface area contributed by atoms with Gasteiger partial charge in [-0.15, -0.1) is 10.2 Å². The molecule has 2 N–H and O–H groups in total. The van der Waals surface area contributed by atoms with Crippen LogP contribution in [0.4, 0.5) is 13.2 Å². The number of rotatable bonds is 5. The van der Waals surface area contributed by atoms with Crippen LogP contribution in [0.25, 0.3) is 0 Å². The zero-order valence-electron chi connectivity index (χ0n) is 17.2. The summed E-state index contributed by atoms with van der Waals surface area (Å²) < 4.78 is 45.5. The fourth-order valence-corrected chi connectivity index (χ4v) is 3.49. The fraction of sp³-hybridized carbons (Fsp3) is 0.286. The quantitative estimate of drug-likeness (QED) is 0.623. The van der Waals surface area contributed by atoms with Gasteiger partial charge in [-0.1, -0.05) is 12.1 Å². The molecule has 0 bridgehead atoms. The highest BCUT2D eigenvalue weighted by molar-refractivity contribution is 5.82. The van der Waals surface area contributed by atoms with Crippen molar-refractivity contribution in [1.82, 2.24) is 24.6 Å². The molecule has 12 heteroatoms. The molecule has 1 amide bonds. The van der Waals surface area contributed by atoms with Crippen molar-refractivity contribution in [1.29, 1.82) is 5.26 Å². The number of carbonyl (C=O) groups excluding carboxylic acids is 1. The third-order valence-electron chi connectivity index (χ3n) is 5.12. The number of nitriles is 1. The molecule has 0 aliphatic carbocycles. The lowest BCUT2D eigenvalue weighted by molar-refractivity contribution is -0.148. The van der Waals surface area contributed by atoms with Gasteiger partial charge in [0.25, 0.3) is 0 Å². The van der Waals surface area contributed by atoms with Gasteiger partial charge in [0, 0.05) is 19.3 Å². The lowest BCUT2D eigenvalue weighted by Crippen LogP contribution is -2.48. The Hall–Kier alpha value is -3.98. The Morgan fingerprint density at radius 1 is 1.21 bits per heavy atom. The van der Waals surface area contributed by atoms with Crippen LogP contribution in [0.15, 0.2) is 42.6 Å². The number of aromatic nitrogens is 4. The monoisotopic (exact) mass is 457 g/mol. The number of benzene rings is 1. The lowest BCUT2D eigenvalue weighted by Gasteiger charge is -2.30. The third kappa shape index (κ3) is 4.78. The first-order chi connectivity index (χ1) is 15.8. The largest absolute Gasteiger partial charge is 0.451 e. The third-order valence-corrected chi connectivity index (χ3v) is 5.12. The molecule has 1 aliphatic rings. The number of alkyl halides is 3. The molecule has 1 aromatic carbocycles. The number of pyridine rings is 1. The molecule has 1 aliphatic heterocycles. The van der Waals surface area contributed by atoms with Gasteiger partial charge in [-0.2, -0.15) is 18.4 Å². The summed E-state index contributed by atoms with van der Waals surface area (Å²) in [6.45, 7) is -0.0632. The van der Waals surface area contributed by atoms with E-state index in [1.165, 1.54) is 11.1 Å². The highest BCUT2D eigenvalue weighted by Gasteiger charge is 2.40. The summed E-state index contributed by atoms with van der Waals surface area (Å²) in [4.78, 5) is 18.2. The van der Waals surface area contributed by atoms with Crippen LogP contribution in [0.5, 0.6) is 11.6 Å². The Kier molecular flexibility index (Phi) is 5.97. The summed E-state index contributed by atoms with van der Waals surface area (Å²) in [5.74, 6) is -0.730. The minimum absolute atomic E-state index is 0.0557. The summed E-state index contributed by atoms with van der Waals surface area (Å²) >= 11 is 0. The standard InChI is InChI=1S/C21H18F3N7O2/c22-21(23,24)20-29-28-17-12-30(8-9-31(17)20)19(32)16(26)10-13-3-5-15(6-4-13)33-18-14(11-25)2-1-7-27-18/h1-7,16H,8-10,12,26H2/t16-/m0/s1. The van der Waals surface area contributed by atoms with E-state index >= 15 is 0 Å². The van der Waals surface area contributed by atoms with Gasteiger partial charge in [0.2, 0.25) is 17.6 Å². The van der Waals surface area contributed by atoms with Crippen molar-refractivity contribution in [3.05, 3.63) is 65.4 Å². The van der Waals surface area contributed by atoms with E-state index in [0.29, 0.717) is 11.3 Å². The van der Waals surface area contributed by atoms with Crippen molar-refractivity contribution in [3.8, 4) is 17.7 Å². The van der Waals surface area contributed by atoms with E-state index in [4.69, 9.17) is 15.7 Å². The minimum Gasteiger partial charge on any atom is -0.438 e. The van der Waals surface area contributed by atoms with E-state index in [9.17, 15) is 18.0 Å². The number of amides is 1. The van der Waals surface area contributed by atoms with E-state index in [1.807, 2.05) is 6.07 Å². The molecule has 0 radical (unpaired) electrons. The average molecular weight is 457 g/mol. The molecule has 2 aromatic heterocycles. The summed E-state index contributed by atoms with van der Waals surface area (Å²) in [5, 5.41) is 15.9. The van der Waals surface area contributed by atoms with Crippen LogP contribution in [0.1, 0.15) is 22.8 Å². The van der Waals surface area contributed by atoms with Crippen LogP contribution >= 0.6 is 0 Å². The molecular formula is C21H18F3N7O2. The first-order valence-electron chi connectivity index (χ1n) is 9.92. The number of halogens is 3. The summed E-state index contributed by atoms with van der Waals surface area (Å²) in [6, 6.07) is 11.2. The molecule has 4 rings (SSSR count). The summed E-state index contributed by atoms with van der Waals surface area (Å²) in [5.41, 5.74) is 7.15. The maximum Gasteiger partial charge on any atom is 0.451 e. The number of fused-ring (bicyclic) bond motifs is 1. The van der Waals surface area contributed by atoms with Crippen LogP contribution in [-0.4, -0.2) is 43.1 Å². The van der Waals surface area contributed by atoms with Gasteiger partial charge in [0.1, 0.15) is 17.4 Å². The Labute approximate surface area is 186 Å². The van der Waals surface area contributed by atoms with Crippen LogP contribution in [0, 0.1) is 11.3 Å². The molecular weight excluding hydrogens is 439 g/mol. The topological polar surface area (TPSA) is 123 Å². The average Bonchev–Trinajstić information content (AvgIpc) is 3.24. The molecule has 1 atom stereocenters. The number of ether oxygens (including phenoxy) is 1. The summed E-state index contributed by atoms with van der Waals surface area (Å²) in [7, 11) is 0. The second kappa shape index (κ2) is 8.87. The van der Waals surface area contributed by atoms with Crippen LogP contribution in [-0.2, 0) is 30.5 Å². The zero-order valence-corrected chi connectivity index (χ0v) is 17.2. The predicted molar refractivity (Wildman–Crippen MR) is 108 cm³/mol. The maximum atomic E-state index is 13.0. The molecule has 33 heavy (non-hydrogen) atoms. The highest BCUT2D eigenvalue weighted by atomic mass is 19.4. The lowest BCUT2D eigenvalue weighted by atomic mass is 10.0. The van der Waals surface area contributed by atoms with Crippen molar-refractivity contribution in [3.63, 3.8) is 0 Å². The number of hydrogen-bond donors (Lipinski definition) is 1. The molecule has 3 heterocycles. The van der Waals surface area contributed by atoms with Crippen molar-refractivity contribution in [2.45, 2.75) is 31.7 Å². The van der Waals surface area contributed by atoms with Gasteiger partial charge >= 0.3 is 6.18 Å². The van der Waals surface area contributed by atoms with Crippen molar-refractivity contribution >= 4 is 5.91 Å². The zero-order chi connectivity index (χ0) is 23.6. The minimum atomic E-state index is -4.60. The Bertz CT molecular complexity index is 1200. The normalized spacial score (nSPS) is 14.3.